The second kappa shape index (κ2) is 8.30. The van der Waals surface area contributed by atoms with E-state index in [-0.39, 0.29) is 17.3 Å². The molecule has 2 heterocycles. The van der Waals surface area contributed by atoms with Crippen LogP contribution in [-0.4, -0.2) is 20.4 Å². The van der Waals surface area contributed by atoms with Gasteiger partial charge in [-0.25, -0.2) is 9.37 Å². The van der Waals surface area contributed by atoms with Crippen LogP contribution in [0.1, 0.15) is 49.5 Å². The highest BCUT2D eigenvalue weighted by Gasteiger charge is 2.22. The van der Waals surface area contributed by atoms with Crippen molar-refractivity contribution in [1.82, 2.24) is 14.2 Å². The summed E-state index contributed by atoms with van der Waals surface area (Å²) >= 11 is 0. The minimum Gasteiger partial charge on any atom is -0.316 e. The zero-order valence-electron chi connectivity index (χ0n) is 17.1. The monoisotopic (exact) mass is 414 g/mol. The molecular formula is C25H23FN4O. The van der Waals surface area contributed by atoms with E-state index < -0.39 is 0 Å². The number of halogens is 1. The number of rotatable bonds is 4. The van der Waals surface area contributed by atoms with E-state index in [1.807, 2.05) is 41.1 Å². The second-order valence-electron chi connectivity index (χ2n) is 7.96. The highest BCUT2D eigenvalue weighted by Crippen LogP contribution is 2.31. The van der Waals surface area contributed by atoms with E-state index >= 15 is 0 Å². The lowest BCUT2D eigenvalue weighted by atomic mass is 9.88. The van der Waals surface area contributed by atoms with Crippen molar-refractivity contribution in [3.8, 4) is 5.69 Å². The Morgan fingerprint density at radius 2 is 1.74 bits per heavy atom. The largest absolute Gasteiger partial charge is 0.316 e. The normalized spacial score (nSPS) is 15.1. The lowest BCUT2D eigenvalue weighted by Crippen LogP contribution is -2.25. The Morgan fingerprint density at radius 1 is 0.968 bits per heavy atom. The van der Waals surface area contributed by atoms with Gasteiger partial charge in [-0.3, -0.25) is 4.79 Å². The van der Waals surface area contributed by atoms with Gasteiger partial charge in [0.2, 0.25) is 0 Å². The van der Waals surface area contributed by atoms with Gasteiger partial charge in [0.05, 0.1) is 22.8 Å². The third kappa shape index (κ3) is 3.81. The van der Waals surface area contributed by atoms with Gasteiger partial charge >= 0.3 is 0 Å². The molecule has 0 unspecified atom stereocenters. The topological polar surface area (TPSA) is 52.2 Å². The minimum absolute atomic E-state index is 0.151. The number of nitrogens with zero attached hydrogens (tertiary/aromatic N) is 4. The van der Waals surface area contributed by atoms with Gasteiger partial charge in [-0.1, -0.05) is 31.4 Å². The van der Waals surface area contributed by atoms with E-state index in [0.717, 1.165) is 42.9 Å². The Balaban J connectivity index is 1.60. The minimum atomic E-state index is -0.281. The van der Waals surface area contributed by atoms with Crippen LogP contribution in [0.4, 0.5) is 4.39 Å². The second-order valence-corrected chi connectivity index (χ2v) is 7.96. The average molecular weight is 414 g/mol. The standard InChI is InChI=1S/C25H23FN4O/c26-19-12-14-20(15-13-19)29-16-6-9-21(29)17-27-30-24(18-7-2-1-3-8-18)28-23-11-5-4-10-22(23)25(30)31/h4-6,9-18H,1-3,7-8H2. The van der Waals surface area contributed by atoms with Crippen molar-refractivity contribution >= 4 is 17.1 Å². The SMILES string of the molecule is O=c1c2ccccc2nc(C2CCCCC2)n1N=Cc1cccn1-c1ccc(F)cc1. The van der Waals surface area contributed by atoms with Crippen molar-refractivity contribution in [2.24, 2.45) is 5.10 Å². The lowest BCUT2D eigenvalue weighted by molar-refractivity contribution is 0.416. The fourth-order valence-electron chi connectivity index (χ4n) is 4.33. The van der Waals surface area contributed by atoms with Crippen molar-refractivity contribution in [1.29, 1.82) is 0 Å². The summed E-state index contributed by atoms with van der Waals surface area (Å²) in [4.78, 5) is 18.2. The van der Waals surface area contributed by atoms with Gasteiger partial charge in [-0.2, -0.15) is 9.78 Å². The molecule has 0 bridgehead atoms. The maximum Gasteiger partial charge on any atom is 0.282 e. The molecule has 1 fully saturated rings. The number of hydrogen-bond acceptors (Lipinski definition) is 3. The smallest absolute Gasteiger partial charge is 0.282 e. The van der Waals surface area contributed by atoms with Gasteiger partial charge in [0.15, 0.2) is 0 Å². The van der Waals surface area contributed by atoms with Gasteiger partial charge < -0.3 is 4.57 Å². The van der Waals surface area contributed by atoms with Gasteiger partial charge in [0, 0.05) is 17.8 Å². The maximum atomic E-state index is 13.3. The molecule has 1 aliphatic rings. The molecule has 0 spiro atoms. The summed E-state index contributed by atoms with van der Waals surface area (Å²) in [5.74, 6) is 0.684. The van der Waals surface area contributed by atoms with E-state index in [1.165, 1.54) is 23.2 Å². The van der Waals surface area contributed by atoms with E-state index in [4.69, 9.17) is 4.98 Å². The summed E-state index contributed by atoms with van der Waals surface area (Å²) in [5.41, 5.74) is 2.18. The summed E-state index contributed by atoms with van der Waals surface area (Å²) in [6, 6.07) is 17.5. The number of benzene rings is 2. The number of aromatic nitrogens is 3. The lowest BCUT2D eigenvalue weighted by Gasteiger charge is -2.22. The van der Waals surface area contributed by atoms with Crippen LogP contribution in [0.15, 0.2) is 76.8 Å². The van der Waals surface area contributed by atoms with E-state index in [9.17, 15) is 9.18 Å². The molecule has 156 valence electrons. The van der Waals surface area contributed by atoms with Crippen LogP contribution in [0, 0.1) is 5.82 Å². The molecule has 4 aromatic rings. The molecule has 31 heavy (non-hydrogen) atoms. The first-order chi connectivity index (χ1) is 15.2. The molecule has 0 N–H and O–H groups in total. The predicted molar refractivity (Wildman–Crippen MR) is 121 cm³/mol. The third-order valence-corrected chi connectivity index (χ3v) is 5.94. The predicted octanol–water partition coefficient (Wildman–Crippen LogP) is 5.26. The molecular weight excluding hydrogens is 391 g/mol. The molecule has 5 nitrogen and oxygen atoms in total. The van der Waals surface area contributed by atoms with Crippen molar-refractivity contribution in [2.45, 2.75) is 38.0 Å². The highest BCUT2D eigenvalue weighted by molar-refractivity contribution is 5.80. The van der Waals surface area contributed by atoms with Crippen molar-refractivity contribution in [3.63, 3.8) is 0 Å². The van der Waals surface area contributed by atoms with Crippen LogP contribution >= 0.6 is 0 Å². The van der Waals surface area contributed by atoms with Crippen LogP contribution in [0.2, 0.25) is 0 Å². The summed E-state index contributed by atoms with van der Waals surface area (Å²) < 4.78 is 16.7. The summed E-state index contributed by atoms with van der Waals surface area (Å²) in [6.07, 6.45) is 9.11. The first-order valence-corrected chi connectivity index (χ1v) is 10.7. The van der Waals surface area contributed by atoms with Gasteiger partial charge in [-0.05, 0) is 61.4 Å². The average Bonchev–Trinajstić information content (AvgIpc) is 3.28. The van der Waals surface area contributed by atoms with Crippen molar-refractivity contribution in [2.75, 3.05) is 0 Å². The van der Waals surface area contributed by atoms with Crippen molar-refractivity contribution in [3.05, 3.63) is 94.5 Å². The van der Waals surface area contributed by atoms with Crippen molar-refractivity contribution < 1.29 is 4.39 Å². The Bertz CT molecular complexity index is 1300. The molecule has 6 heteroatoms. The van der Waals surface area contributed by atoms with Crippen LogP contribution in [0.25, 0.3) is 16.6 Å². The van der Waals surface area contributed by atoms with Gasteiger partial charge in [-0.15, -0.1) is 0 Å². The first kappa shape index (κ1) is 19.4. The zero-order valence-corrected chi connectivity index (χ0v) is 17.1. The molecule has 2 aromatic carbocycles. The molecule has 0 saturated heterocycles. The Kier molecular flexibility index (Phi) is 5.20. The molecule has 0 amide bonds. The summed E-state index contributed by atoms with van der Waals surface area (Å²) in [5, 5.41) is 5.16. The van der Waals surface area contributed by atoms with E-state index in [0.29, 0.717) is 10.9 Å². The molecule has 1 saturated carbocycles. The Morgan fingerprint density at radius 3 is 2.55 bits per heavy atom. The first-order valence-electron chi connectivity index (χ1n) is 10.7. The van der Waals surface area contributed by atoms with Crippen LogP contribution < -0.4 is 5.56 Å². The van der Waals surface area contributed by atoms with E-state index in [1.54, 1.807) is 24.4 Å². The van der Waals surface area contributed by atoms with Gasteiger partial charge in [0.25, 0.3) is 5.56 Å². The molecule has 5 rings (SSSR count). The maximum absolute atomic E-state index is 13.3. The fraction of sp³-hybridized carbons (Fsp3) is 0.240. The summed E-state index contributed by atoms with van der Waals surface area (Å²) in [7, 11) is 0. The highest BCUT2D eigenvalue weighted by atomic mass is 19.1. The number of hydrogen-bond donors (Lipinski definition) is 0. The molecule has 0 radical (unpaired) electrons. The molecule has 2 aromatic heterocycles. The summed E-state index contributed by atoms with van der Waals surface area (Å²) in [6.45, 7) is 0. The van der Waals surface area contributed by atoms with Crippen LogP contribution in [-0.2, 0) is 0 Å². The molecule has 0 aliphatic heterocycles. The number of fused-ring (bicyclic) bond motifs is 1. The number of para-hydroxylation sites is 1. The fourth-order valence-corrected chi connectivity index (χ4v) is 4.33. The zero-order chi connectivity index (χ0) is 21.2. The van der Waals surface area contributed by atoms with Gasteiger partial charge in [0.1, 0.15) is 11.6 Å². The molecule has 0 atom stereocenters. The van der Waals surface area contributed by atoms with Crippen LogP contribution in [0.3, 0.4) is 0 Å². The van der Waals surface area contributed by atoms with E-state index in [2.05, 4.69) is 5.10 Å². The Hall–Kier alpha value is -3.54. The van der Waals surface area contributed by atoms with Crippen LogP contribution in [0.5, 0.6) is 0 Å². The molecule has 1 aliphatic carbocycles. The third-order valence-electron chi connectivity index (χ3n) is 5.94. The quantitative estimate of drug-likeness (QED) is 0.428. The Labute approximate surface area is 179 Å².